The Kier molecular flexibility index (Phi) is 13.5. The summed E-state index contributed by atoms with van der Waals surface area (Å²) >= 11 is 3.21. The van der Waals surface area contributed by atoms with Crippen molar-refractivity contribution in [2.45, 2.75) is 42.0 Å². The number of halogens is 2. The molecule has 0 amide bonds. The summed E-state index contributed by atoms with van der Waals surface area (Å²) in [7, 11) is -11.1. The van der Waals surface area contributed by atoms with Gasteiger partial charge in [0.25, 0.3) is 35.9 Å². The van der Waals surface area contributed by atoms with Gasteiger partial charge in [0, 0.05) is 31.2 Å². The fourth-order valence-corrected chi connectivity index (χ4v) is 10.1. The maximum atomic E-state index is 12.6. The quantitative estimate of drug-likeness (QED) is 0.157. The van der Waals surface area contributed by atoms with Gasteiger partial charge in [-0.05, 0) is 85.2 Å². The van der Waals surface area contributed by atoms with E-state index in [4.69, 9.17) is 12.3 Å². The van der Waals surface area contributed by atoms with Crippen LogP contribution < -0.4 is 5.73 Å². The van der Waals surface area contributed by atoms with E-state index < -0.39 is 30.1 Å². The van der Waals surface area contributed by atoms with Crippen LogP contribution in [0, 0.1) is 27.3 Å². The predicted molar refractivity (Wildman–Crippen MR) is 243 cm³/mol. The van der Waals surface area contributed by atoms with E-state index in [1.165, 1.54) is 43.2 Å². The first-order valence-electron chi connectivity index (χ1n) is 18.2. The van der Waals surface area contributed by atoms with Crippen molar-refractivity contribution >= 4 is 97.7 Å². The van der Waals surface area contributed by atoms with Crippen molar-refractivity contribution < 1.29 is 25.3 Å². The van der Waals surface area contributed by atoms with Gasteiger partial charge in [-0.1, -0.05) is 59.7 Å². The molecule has 3 aromatic carbocycles. The third kappa shape index (κ3) is 9.51. The summed E-state index contributed by atoms with van der Waals surface area (Å²) in [6.07, 6.45) is 8.55. The summed E-state index contributed by atoms with van der Waals surface area (Å²) in [6.45, 7) is 12.9. The van der Waals surface area contributed by atoms with E-state index >= 15 is 0 Å². The summed E-state index contributed by atoms with van der Waals surface area (Å²) in [6, 6.07) is 24.7. The molecule has 0 aliphatic heterocycles. The number of aryl methyl sites for hydroxylation is 3. The largest absolute Gasteiger partial charge is 0.359 e. The van der Waals surface area contributed by atoms with Crippen molar-refractivity contribution in [3.8, 4) is 0 Å². The Balaban J connectivity index is 0.000000156. The number of nitrogens with zero attached hydrogens (tertiary/aromatic N) is 10. The number of hydrogen-bond acceptors (Lipinski definition) is 13. The highest BCUT2D eigenvalue weighted by Gasteiger charge is 2.23. The monoisotopic (exact) mass is 987 g/mol. The topological polar surface area (TPSA) is 225 Å². The number of aromatic nitrogens is 9. The molecule has 0 aliphatic carbocycles. The normalized spacial score (nSPS) is 11.6. The Labute approximate surface area is 376 Å². The van der Waals surface area contributed by atoms with Gasteiger partial charge in [-0.25, -0.2) is 62.1 Å². The zero-order valence-corrected chi connectivity index (χ0v) is 38.2. The molecule has 17 nitrogen and oxygen atoms in total. The van der Waals surface area contributed by atoms with Crippen LogP contribution in [0.25, 0.3) is 38.3 Å². The maximum absolute atomic E-state index is 12.6. The van der Waals surface area contributed by atoms with E-state index in [0.29, 0.717) is 38.1 Å². The van der Waals surface area contributed by atoms with Crippen LogP contribution in [0.2, 0.25) is 0 Å². The Morgan fingerprint density at radius 1 is 0.540 bits per heavy atom. The minimum absolute atomic E-state index is 0. The van der Waals surface area contributed by atoms with E-state index in [0.717, 1.165) is 28.6 Å². The molecule has 0 unspecified atom stereocenters. The number of nitrogens with two attached hydrogens (primary N) is 1. The van der Waals surface area contributed by atoms with Crippen LogP contribution in [-0.4, -0.2) is 67.1 Å². The molecule has 0 aliphatic rings. The molecule has 63 heavy (non-hydrogen) atoms. The van der Waals surface area contributed by atoms with Gasteiger partial charge in [0.05, 0.1) is 39.0 Å². The van der Waals surface area contributed by atoms with Crippen molar-refractivity contribution in [2.24, 2.45) is 5.73 Å². The third-order valence-corrected chi connectivity index (χ3v) is 14.6. The van der Waals surface area contributed by atoms with E-state index in [1.807, 2.05) is 20.8 Å². The number of rotatable bonds is 7. The second-order valence-corrected chi connectivity index (χ2v) is 19.8. The summed E-state index contributed by atoms with van der Waals surface area (Å²) in [5, 5.41) is 0. The van der Waals surface area contributed by atoms with Crippen LogP contribution in [0.15, 0.2) is 147 Å². The standard InChI is InChI=1S/C14H10N4O2S.C14H14N4O2S.C13H10BrN3O2S.ClH/c1-10-3-5-11(6-4-10)21(19,20)18-8-7-12-14(18)16-9-13(15-2)17-12;1-10-2-4-12(5-3-10)21(19,20)18-7-6-13-14(18)16-9-11(8-15)17-13;1-9-2-4-10(5-3-9)20(18,19)17-7-6-11-13(17)15-8-12(14)16-11;/h3-9H,1H3;2-7,9H,8,15H2,1H3;2-8H,1H3;1H. The van der Waals surface area contributed by atoms with Crippen LogP contribution in [0.5, 0.6) is 0 Å². The number of fused-ring (bicyclic) bond motifs is 3. The Morgan fingerprint density at radius 2 is 0.889 bits per heavy atom. The van der Waals surface area contributed by atoms with E-state index in [1.54, 1.807) is 84.9 Å². The zero-order valence-electron chi connectivity index (χ0n) is 33.3. The molecule has 0 bridgehead atoms. The average Bonchev–Trinajstić information content (AvgIpc) is 4.02. The van der Waals surface area contributed by atoms with Crippen LogP contribution in [-0.2, 0) is 36.6 Å². The maximum Gasteiger partial charge on any atom is 0.288 e. The van der Waals surface area contributed by atoms with Gasteiger partial charge in [0.2, 0.25) is 0 Å². The second kappa shape index (κ2) is 18.5. The first-order valence-corrected chi connectivity index (χ1v) is 23.3. The molecule has 9 aromatic rings. The molecule has 6 aromatic heterocycles. The molecule has 0 atom stereocenters. The van der Waals surface area contributed by atoms with Crippen LogP contribution >= 0.6 is 28.3 Å². The molecule has 0 spiro atoms. The van der Waals surface area contributed by atoms with Gasteiger partial charge in [-0.2, -0.15) is 0 Å². The van der Waals surface area contributed by atoms with Crippen molar-refractivity contribution in [1.82, 2.24) is 41.8 Å². The fourth-order valence-electron chi connectivity index (χ4n) is 5.87. The molecule has 322 valence electrons. The third-order valence-electron chi connectivity index (χ3n) is 9.13. The van der Waals surface area contributed by atoms with Gasteiger partial charge >= 0.3 is 0 Å². The Bertz CT molecular complexity index is 3500. The Hall–Kier alpha value is -6.41. The second-order valence-electron chi connectivity index (χ2n) is 13.5. The summed E-state index contributed by atoms with van der Waals surface area (Å²) in [5.74, 6) is 0.132. The van der Waals surface area contributed by atoms with Crippen molar-refractivity contribution in [2.75, 3.05) is 0 Å². The number of hydrogen-bond donors (Lipinski definition) is 1. The molecule has 9 rings (SSSR count). The van der Waals surface area contributed by atoms with Crippen LogP contribution in [0.1, 0.15) is 22.4 Å². The van der Waals surface area contributed by atoms with E-state index in [9.17, 15) is 25.3 Å². The molecular formula is C41H35BrClN11O6S3. The van der Waals surface area contributed by atoms with E-state index in [2.05, 4.69) is 50.7 Å². The van der Waals surface area contributed by atoms with E-state index in [-0.39, 0.29) is 45.1 Å². The predicted octanol–water partition coefficient (Wildman–Crippen LogP) is 7.12. The highest BCUT2D eigenvalue weighted by molar-refractivity contribution is 9.10. The smallest absolute Gasteiger partial charge is 0.288 e. The van der Waals surface area contributed by atoms with Gasteiger partial charge in [-0.15, -0.1) is 17.4 Å². The highest BCUT2D eigenvalue weighted by Crippen LogP contribution is 2.24. The number of benzene rings is 3. The first kappa shape index (κ1) is 46.1. The highest BCUT2D eigenvalue weighted by atomic mass is 79.9. The summed E-state index contributed by atoms with van der Waals surface area (Å²) in [4.78, 5) is 28.6. The van der Waals surface area contributed by atoms with Gasteiger partial charge < -0.3 is 10.6 Å². The molecule has 0 radical (unpaired) electrons. The van der Waals surface area contributed by atoms with Gasteiger partial charge in [0.1, 0.15) is 15.6 Å². The van der Waals surface area contributed by atoms with Crippen molar-refractivity contribution in [3.63, 3.8) is 0 Å². The average molecular weight is 989 g/mol. The zero-order chi connectivity index (χ0) is 44.4. The molecule has 0 saturated carbocycles. The van der Waals surface area contributed by atoms with Crippen LogP contribution in [0.3, 0.4) is 0 Å². The molecule has 0 saturated heterocycles. The molecule has 6 heterocycles. The van der Waals surface area contributed by atoms with Gasteiger partial charge in [-0.3, -0.25) is 0 Å². The summed E-state index contributed by atoms with van der Waals surface area (Å²) in [5.41, 5.74) is 11.3. The molecule has 0 fully saturated rings. The van der Waals surface area contributed by atoms with Crippen molar-refractivity contribution in [1.29, 1.82) is 0 Å². The Morgan fingerprint density at radius 3 is 1.27 bits per heavy atom. The lowest BCUT2D eigenvalue weighted by atomic mass is 10.2. The lowest BCUT2D eigenvalue weighted by molar-refractivity contribution is 0.587. The lowest BCUT2D eigenvalue weighted by Gasteiger charge is -2.07. The molecule has 22 heteroatoms. The van der Waals surface area contributed by atoms with Crippen molar-refractivity contribution in [3.05, 3.63) is 167 Å². The van der Waals surface area contributed by atoms with Gasteiger partial charge in [0.15, 0.2) is 22.5 Å². The molecule has 2 N–H and O–H groups in total. The molecular weight excluding hydrogens is 954 g/mol. The summed E-state index contributed by atoms with van der Waals surface area (Å²) < 4.78 is 79.6. The lowest BCUT2D eigenvalue weighted by Crippen LogP contribution is -2.12. The minimum Gasteiger partial charge on any atom is -0.359 e. The fraction of sp³-hybridized carbons (Fsp3) is 0.0976. The van der Waals surface area contributed by atoms with Crippen LogP contribution in [0.4, 0.5) is 5.82 Å². The first-order chi connectivity index (χ1) is 29.5. The SMILES string of the molecule is Cc1ccc(S(=O)(=O)n2ccc3nc(Br)cnc32)cc1.Cc1ccc(S(=O)(=O)n2ccc3nc(CN)cnc32)cc1.Cl.[C-]#[N+]c1cnc2c(ccn2S(=O)(=O)c2ccc(C)cc2)n1. The minimum atomic E-state index is -3.72.